The number of fused-ring (bicyclic) bond motifs is 5. The van der Waals surface area contributed by atoms with Crippen LogP contribution in [-0.4, -0.2) is 0 Å². The van der Waals surface area contributed by atoms with Crippen LogP contribution in [0.25, 0.3) is 55.0 Å². The summed E-state index contributed by atoms with van der Waals surface area (Å²) in [6.45, 7) is 0. The average Bonchev–Trinajstić information content (AvgIpc) is 3.66. The Morgan fingerprint density at radius 3 is 1.86 bits per heavy atom. The van der Waals surface area contributed by atoms with E-state index in [0.717, 1.165) is 112 Å². The third kappa shape index (κ3) is 4.89. The zero-order valence-electron chi connectivity index (χ0n) is 30.7. The molecule has 0 amide bonds. The minimum Gasteiger partial charge on any atom is -0.456 e. The van der Waals surface area contributed by atoms with Gasteiger partial charge in [-0.25, -0.2) is 0 Å². The standard InChI is InChI=1S/C52H33N3O2/c1-4-14-34(15-5-1)54(35-16-6-2-7-17-35)37-27-29-49-43(31-37)42-30-33(26-28-48(42)56-49)41-32-47-52-50-39(21-12-22-40(41)50)38-20-10-11-23-44(38)53-45-24-13-25-46(51(45)57-52)55(47)36-18-8-3-9-19-36/h1-32,53H. The van der Waals surface area contributed by atoms with Crippen LogP contribution in [0.1, 0.15) is 0 Å². The van der Waals surface area contributed by atoms with Gasteiger partial charge in [0.05, 0.1) is 17.1 Å². The Bertz CT molecular complexity index is 3150. The number of nitrogens with one attached hydrogen (secondary N) is 1. The van der Waals surface area contributed by atoms with Crippen molar-refractivity contribution < 1.29 is 9.15 Å². The molecule has 0 unspecified atom stereocenters. The topological polar surface area (TPSA) is 40.9 Å². The van der Waals surface area contributed by atoms with Gasteiger partial charge in [0.2, 0.25) is 0 Å². The summed E-state index contributed by atoms with van der Waals surface area (Å²) in [5.41, 5.74) is 14.4. The van der Waals surface area contributed by atoms with E-state index in [0.29, 0.717) is 0 Å². The van der Waals surface area contributed by atoms with E-state index in [1.807, 2.05) is 0 Å². The van der Waals surface area contributed by atoms with E-state index >= 15 is 0 Å². The summed E-state index contributed by atoms with van der Waals surface area (Å²) < 4.78 is 13.6. The first-order chi connectivity index (χ1) is 28.3. The van der Waals surface area contributed by atoms with Gasteiger partial charge in [0.1, 0.15) is 11.2 Å². The van der Waals surface area contributed by atoms with Gasteiger partial charge in [-0.3, -0.25) is 0 Å². The predicted octanol–water partition coefficient (Wildman–Crippen LogP) is 15.2. The maximum absolute atomic E-state index is 7.11. The SMILES string of the molecule is c1ccc(N(c2ccccc2)c2ccc3oc4ccc(-c5cc6c7c8c(cccc58)-c5ccccc5Nc5cccc(c5O7)N6c5ccccc5)cc4c3c2)cc1. The Morgan fingerprint density at radius 1 is 0.421 bits per heavy atom. The van der Waals surface area contributed by atoms with Crippen molar-refractivity contribution in [1.29, 1.82) is 0 Å². The number of benzene rings is 9. The van der Waals surface area contributed by atoms with Crippen molar-refractivity contribution in [3.63, 3.8) is 0 Å². The average molecular weight is 732 g/mol. The number of rotatable bonds is 5. The molecule has 12 rings (SSSR count). The Balaban J connectivity index is 1.12. The molecule has 9 aromatic carbocycles. The molecule has 2 aliphatic heterocycles. The number of nitrogens with zero attached hydrogens (tertiary/aromatic N) is 2. The number of para-hydroxylation sites is 5. The smallest absolute Gasteiger partial charge is 0.174 e. The highest BCUT2D eigenvalue weighted by molar-refractivity contribution is 6.16. The number of furan rings is 1. The Morgan fingerprint density at radius 2 is 1.07 bits per heavy atom. The van der Waals surface area contributed by atoms with Gasteiger partial charge in [0, 0.05) is 50.2 Å². The molecule has 0 aliphatic carbocycles. The van der Waals surface area contributed by atoms with Crippen LogP contribution in [0.2, 0.25) is 0 Å². The summed E-state index contributed by atoms with van der Waals surface area (Å²) >= 11 is 0. The van der Waals surface area contributed by atoms with Crippen molar-refractivity contribution in [2.75, 3.05) is 15.1 Å². The van der Waals surface area contributed by atoms with Gasteiger partial charge in [-0.05, 0) is 113 Å². The Kier molecular flexibility index (Phi) is 6.86. The van der Waals surface area contributed by atoms with Crippen molar-refractivity contribution in [3.05, 3.63) is 194 Å². The van der Waals surface area contributed by atoms with E-state index in [-0.39, 0.29) is 0 Å². The number of hydrogen-bond acceptors (Lipinski definition) is 5. The van der Waals surface area contributed by atoms with Gasteiger partial charge >= 0.3 is 0 Å². The molecule has 0 atom stereocenters. The van der Waals surface area contributed by atoms with Gasteiger partial charge in [0.25, 0.3) is 0 Å². The molecule has 0 fully saturated rings. The van der Waals surface area contributed by atoms with Gasteiger partial charge in [-0.15, -0.1) is 0 Å². The second-order valence-corrected chi connectivity index (χ2v) is 14.6. The van der Waals surface area contributed by atoms with E-state index in [2.05, 4.69) is 209 Å². The molecule has 0 saturated carbocycles. The molecular weight excluding hydrogens is 699 g/mol. The Labute approximate surface area is 329 Å². The van der Waals surface area contributed by atoms with Gasteiger partial charge in [-0.2, -0.15) is 0 Å². The number of ether oxygens (including phenoxy) is 1. The van der Waals surface area contributed by atoms with E-state index in [9.17, 15) is 0 Å². The first kappa shape index (κ1) is 31.6. The summed E-state index contributed by atoms with van der Waals surface area (Å²) in [4.78, 5) is 4.64. The molecule has 1 aromatic heterocycles. The molecule has 1 N–H and O–H groups in total. The zero-order valence-corrected chi connectivity index (χ0v) is 30.7. The second-order valence-electron chi connectivity index (χ2n) is 14.6. The van der Waals surface area contributed by atoms with Crippen molar-refractivity contribution in [2.24, 2.45) is 0 Å². The maximum Gasteiger partial charge on any atom is 0.174 e. The highest BCUT2D eigenvalue weighted by Gasteiger charge is 2.33. The summed E-state index contributed by atoms with van der Waals surface area (Å²) in [7, 11) is 0. The van der Waals surface area contributed by atoms with Crippen molar-refractivity contribution in [1.82, 2.24) is 0 Å². The Hall–Kier alpha value is -7.76. The van der Waals surface area contributed by atoms with Gasteiger partial charge in [0.15, 0.2) is 11.5 Å². The fourth-order valence-corrected chi connectivity index (χ4v) is 8.80. The molecule has 0 saturated heterocycles. The third-order valence-electron chi connectivity index (χ3n) is 11.3. The first-order valence-corrected chi connectivity index (χ1v) is 19.3. The lowest BCUT2D eigenvalue weighted by molar-refractivity contribution is 0.485. The van der Waals surface area contributed by atoms with Crippen molar-refractivity contribution in [3.8, 4) is 33.8 Å². The largest absolute Gasteiger partial charge is 0.456 e. The molecular formula is C52H33N3O2. The summed E-state index contributed by atoms with van der Waals surface area (Å²) in [6.07, 6.45) is 0. The van der Waals surface area contributed by atoms with Crippen molar-refractivity contribution in [2.45, 2.75) is 0 Å². The zero-order chi connectivity index (χ0) is 37.5. The van der Waals surface area contributed by atoms with Crippen LogP contribution in [0, 0.1) is 0 Å². The van der Waals surface area contributed by atoms with Crippen LogP contribution in [0.15, 0.2) is 199 Å². The quantitative estimate of drug-likeness (QED) is 0.191. The molecule has 57 heavy (non-hydrogen) atoms. The second kappa shape index (κ2) is 12.4. The molecule has 3 heterocycles. The molecule has 2 bridgehead atoms. The third-order valence-corrected chi connectivity index (χ3v) is 11.3. The van der Waals surface area contributed by atoms with Crippen molar-refractivity contribution >= 4 is 78.2 Å². The van der Waals surface area contributed by atoms with Crippen LogP contribution < -0.4 is 19.9 Å². The van der Waals surface area contributed by atoms with Gasteiger partial charge in [-0.1, -0.05) is 103 Å². The minimum atomic E-state index is 0.802. The summed E-state index contributed by atoms with van der Waals surface area (Å²) in [5.74, 6) is 1.64. The van der Waals surface area contributed by atoms with E-state index < -0.39 is 0 Å². The molecule has 5 nitrogen and oxygen atoms in total. The fourth-order valence-electron chi connectivity index (χ4n) is 8.80. The van der Waals surface area contributed by atoms with Crippen LogP contribution in [0.5, 0.6) is 11.5 Å². The molecule has 0 spiro atoms. The minimum absolute atomic E-state index is 0.802. The lowest BCUT2D eigenvalue weighted by atomic mass is 9.89. The van der Waals surface area contributed by atoms with E-state index in [4.69, 9.17) is 9.15 Å². The fraction of sp³-hybridized carbons (Fsp3) is 0. The molecule has 2 aliphatic rings. The maximum atomic E-state index is 7.11. The predicted molar refractivity (Wildman–Crippen MR) is 235 cm³/mol. The van der Waals surface area contributed by atoms with Crippen LogP contribution >= 0.6 is 0 Å². The summed E-state index contributed by atoms with van der Waals surface area (Å²) in [5, 5.41) is 8.06. The number of hydrogen-bond donors (Lipinski definition) is 1. The lowest BCUT2D eigenvalue weighted by Gasteiger charge is -2.35. The first-order valence-electron chi connectivity index (χ1n) is 19.3. The van der Waals surface area contributed by atoms with Crippen LogP contribution in [-0.2, 0) is 0 Å². The van der Waals surface area contributed by atoms with Crippen LogP contribution in [0.4, 0.5) is 45.5 Å². The molecule has 5 heteroatoms. The molecule has 268 valence electrons. The van der Waals surface area contributed by atoms with E-state index in [1.54, 1.807) is 0 Å². The monoisotopic (exact) mass is 731 g/mol. The number of anilines is 8. The van der Waals surface area contributed by atoms with Crippen LogP contribution in [0.3, 0.4) is 0 Å². The van der Waals surface area contributed by atoms with E-state index in [1.165, 1.54) is 0 Å². The van der Waals surface area contributed by atoms with Gasteiger partial charge < -0.3 is 24.3 Å². The molecule has 0 radical (unpaired) electrons. The normalized spacial score (nSPS) is 12.5. The summed E-state index contributed by atoms with van der Waals surface area (Å²) in [6, 6.07) is 68.5. The molecule has 10 aromatic rings. The highest BCUT2D eigenvalue weighted by Crippen LogP contribution is 2.59. The highest BCUT2D eigenvalue weighted by atomic mass is 16.5. The lowest BCUT2D eigenvalue weighted by Crippen LogP contribution is -2.17.